The normalized spacial score (nSPS) is 11.2. The Morgan fingerprint density at radius 1 is 1.12 bits per heavy atom. The van der Waals surface area contributed by atoms with Crippen molar-refractivity contribution < 1.29 is 23.0 Å². The Morgan fingerprint density at radius 2 is 1.69 bits per heavy atom. The van der Waals surface area contributed by atoms with Gasteiger partial charge in [-0.3, -0.25) is 25.2 Å². The van der Waals surface area contributed by atoms with Crippen LogP contribution in [0.5, 0.6) is 0 Å². The highest BCUT2D eigenvalue weighted by Gasteiger charge is 2.37. The SMILES string of the molecule is Cc1ccc(CCNc2c([N+](=O)[O-])cc(C(F)(F)F)cc2[N+](=O)[O-])cn1. The molecule has 2 rings (SSSR count). The van der Waals surface area contributed by atoms with Gasteiger partial charge in [-0.15, -0.1) is 0 Å². The zero-order valence-electron chi connectivity index (χ0n) is 13.4. The van der Waals surface area contributed by atoms with Crippen molar-refractivity contribution in [3.8, 4) is 0 Å². The number of pyridine rings is 1. The second-order valence-corrected chi connectivity index (χ2v) is 5.39. The molecule has 0 atom stereocenters. The molecule has 0 fully saturated rings. The fourth-order valence-electron chi connectivity index (χ4n) is 2.22. The van der Waals surface area contributed by atoms with E-state index in [9.17, 15) is 33.4 Å². The molecule has 0 amide bonds. The molecule has 0 unspecified atom stereocenters. The average Bonchev–Trinajstić information content (AvgIpc) is 2.55. The maximum absolute atomic E-state index is 12.8. The minimum absolute atomic E-state index is 0.0395. The predicted octanol–water partition coefficient (Wildman–Crippen LogP) is 3.88. The number of nitro groups is 2. The molecular formula is C15H13F3N4O4. The van der Waals surface area contributed by atoms with Crippen molar-refractivity contribution in [2.24, 2.45) is 0 Å². The Labute approximate surface area is 145 Å². The molecule has 2 aromatic rings. The predicted molar refractivity (Wildman–Crippen MR) is 85.9 cm³/mol. The van der Waals surface area contributed by atoms with E-state index in [2.05, 4.69) is 10.3 Å². The number of hydrogen-bond acceptors (Lipinski definition) is 6. The van der Waals surface area contributed by atoms with Gasteiger partial charge in [-0.1, -0.05) is 6.07 Å². The van der Waals surface area contributed by atoms with Gasteiger partial charge in [-0.05, 0) is 25.0 Å². The molecule has 0 saturated carbocycles. The third-order valence-electron chi connectivity index (χ3n) is 3.51. The van der Waals surface area contributed by atoms with Gasteiger partial charge in [0.25, 0.3) is 11.4 Å². The number of nitro benzene ring substituents is 2. The standard InChI is InChI=1S/C15H13F3N4O4/c1-9-2-3-10(8-20-9)4-5-19-14-12(21(23)24)6-11(15(16,17)18)7-13(14)22(25)26/h2-3,6-8,19H,4-5H2,1H3. The maximum Gasteiger partial charge on any atom is 0.416 e. The van der Waals surface area contributed by atoms with E-state index in [1.807, 2.05) is 0 Å². The number of halogens is 3. The summed E-state index contributed by atoms with van der Waals surface area (Å²) in [6, 6.07) is 4.07. The van der Waals surface area contributed by atoms with Crippen molar-refractivity contribution in [1.82, 2.24) is 4.98 Å². The van der Waals surface area contributed by atoms with Crippen LogP contribution >= 0.6 is 0 Å². The first-order valence-corrected chi connectivity index (χ1v) is 7.29. The summed E-state index contributed by atoms with van der Waals surface area (Å²) in [5, 5.41) is 24.7. The summed E-state index contributed by atoms with van der Waals surface area (Å²) in [5.74, 6) is 0. The van der Waals surface area contributed by atoms with Gasteiger partial charge in [-0.2, -0.15) is 13.2 Å². The molecule has 1 heterocycles. The zero-order valence-corrected chi connectivity index (χ0v) is 13.4. The lowest BCUT2D eigenvalue weighted by Gasteiger charge is -2.11. The largest absolute Gasteiger partial charge is 0.416 e. The van der Waals surface area contributed by atoms with E-state index in [1.54, 1.807) is 25.3 Å². The molecule has 1 aromatic heterocycles. The number of aromatic nitrogens is 1. The summed E-state index contributed by atoms with van der Waals surface area (Å²) in [6.07, 6.45) is -3.04. The molecule has 1 aromatic carbocycles. The van der Waals surface area contributed by atoms with Gasteiger partial charge >= 0.3 is 6.18 Å². The number of anilines is 1. The third kappa shape index (κ3) is 4.43. The number of alkyl halides is 3. The molecule has 8 nitrogen and oxygen atoms in total. The molecule has 0 aliphatic rings. The van der Waals surface area contributed by atoms with Crippen LogP contribution < -0.4 is 5.32 Å². The van der Waals surface area contributed by atoms with E-state index in [4.69, 9.17) is 0 Å². The van der Waals surface area contributed by atoms with E-state index in [-0.39, 0.29) is 18.7 Å². The highest BCUT2D eigenvalue weighted by molar-refractivity contribution is 5.75. The van der Waals surface area contributed by atoms with Gasteiger partial charge in [0.05, 0.1) is 15.4 Å². The number of benzene rings is 1. The Kier molecular flexibility index (Phi) is 5.38. The first-order chi connectivity index (χ1) is 12.1. The van der Waals surface area contributed by atoms with Crippen LogP contribution in [0.2, 0.25) is 0 Å². The summed E-state index contributed by atoms with van der Waals surface area (Å²) < 4.78 is 38.5. The van der Waals surface area contributed by atoms with Crippen LogP contribution in [0.4, 0.5) is 30.2 Å². The third-order valence-corrected chi connectivity index (χ3v) is 3.51. The van der Waals surface area contributed by atoms with Gasteiger partial charge in [0.2, 0.25) is 0 Å². The molecule has 0 aliphatic heterocycles. The summed E-state index contributed by atoms with van der Waals surface area (Å²) in [7, 11) is 0. The van der Waals surface area contributed by atoms with Crippen LogP contribution in [-0.2, 0) is 12.6 Å². The van der Waals surface area contributed by atoms with Gasteiger partial charge in [0.15, 0.2) is 5.69 Å². The minimum Gasteiger partial charge on any atom is -0.374 e. The molecule has 0 saturated heterocycles. The monoisotopic (exact) mass is 370 g/mol. The second kappa shape index (κ2) is 7.33. The lowest BCUT2D eigenvalue weighted by Crippen LogP contribution is -2.12. The Balaban J connectivity index is 2.34. The quantitative estimate of drug-likeness (QED) is 0.610. The first-order valence-electron chi connectivity index (χ1n) is 7.29. The Morgan fingerprint density at radius 3 is 2.12 bits per heavy atom. The second-order valence-electron chi connectivity index (χ2n) is 5.39. The topological polar surface area (TPSA) is 111 Å². The fourth-order valence-corrected chi connectivity index (χ4v) is 2.22. The summed E-state index contributed by atoms with van der Waals surface area (Å²) in [6.45, 7) is 1.83. The molecule has 0 aliphatic carbocycles. The van der Waals surface area contributed by atoms with Crippen molar-refractivity contribution >= 4 is 17.1 Å². The van der Waals surface area contributed by atoms with Gasteiger partial charge < -0.3 is 5.32 Å². The molecule has 0 spiro atoms. The molecule has 138 valence electrons. The number of nitrogens with zero attached hydrogens (tertiary/aromatic N) is 3. The molecule has 0 bridgehead atoms. The van der Waals surface area contributed by atoms with Crippen molar-refractivity contribution in [1.29, 1.82) is 0 Å². The van der Waals surface area contributed by atoms with Crippen LogP contribution in [-0.4, -0.2) is 21.4 Å². The van der Waals surface area contributed by atoms with Crippen molar-refractivity contribution in [3.05, 3.63) is 67.5 Å². The van der Waals surface area contributed by atoms with Gasteiger partial charge in [0.1, 0.15) is 0 Å². The Hall–Kier alpha value is -3.24. The van der Waals surface area contributed by atoms with Crippen molar-refractivity contribution in [3.63, 3.8) is 0 Å². The van der Waals surface area contributed by atoms with E-state index in [0.717, 1.165) is 11.3 Å². The van der Waals surface area contributed by atoms with Gasteiger partial charge in [-0.25, -0.2) is 0 Å². The summed E-state index contributed by atoms with van der Waals surface area (Å²) in [5.41, 5.74) is -2.48. The van der Waals surface area contributed by atoms with Crippen LogP contribution in [0.3, 0.4) is 0 Å². The molecule has 26 heavy (non-hydrogen) atoms. The first kappa shape index (κ1) is 19.1. The number of aryl methyl sites for hydroxylation is 1. The van der Waals surface area contributed by atoms with E-state index >= 15 is 0 Å². The smallest absolute Gasteiger partial charge is 0.374 e. The van der Waals surface area contributed by atoms with E-state index < -0.39 is 38.6 Å². The van der Waals surface area contributed by atoms with Gasteiger partial charge in [0, 0.05) is 30.6 Å². The highest BCUT2D eigenvalue weighted by Crippen LogP contribution is 2.41. The molecule has 0 radical (unpaired) electrons. The lowest BCUT2D eigenvalue weighted by molar-refractivity contribution is -0.392. The summed E-state index contributed by atoms with van der Waals surface area (Å²) in [4.78, 5) is 24.1. The van der Waals surface area contributed by atoms with E-state index in [0.29, 0.717) is 6.42 Å². The van der Waals surface area contributed by atoms with Crippen LogP contribution in [0.25, 0.3) is 0 Å². The minimum atomic E-state index is -4.94. The van der Waals surface area contributed by atoms with E-state index in [1.165, 1.54) is 0 Å². The summed E-state index contributed by atoms with van der Waals surface area (Å²) >= 11 is 0. The molecule has 11 heteroatoms. The van der Waals surface area contributed by atoms with Crippen molar-refractivity contribution in [2.45, 2.75) is 19.5 Å². The molecule has 1 N–H and O–H groups in total. The highest BCUT2D eigenvalue weighted by atomic mass is 19.4. The lowest BCUT2D eigenvalue weighted by atomic mass is 10.1. The number of nitrogens with one attached hydrogen (secondary N) is 1. The van der Waals surface area contributed by atoms with Crippen molar-refractivity contribution in [2.75, 3.05) is 11.9 Å². The maximum atomic E-state index is 12.8. The van der Waals surface area contributed by atoms with Crippen LogP contribution in [0, 0.1) is 27.2 Å². The zero-order chi connectivity index (χ0) is 19.5. The molecular weight excluding hydrogens is 357 g/mol. The average molecular weight is 370 g/mol. The number of rotatable bonds is 6. The fraction of sp³-hybridized carbons (Fsp3) is 0.267. The Bertz CT molecular complexity index is 803. The number of hydrogen-bond donors (Lipinski definition) is 1. The van der Waals surface area contributed by atoms with Crippen LogP contribution in [0.15, 0.2) is 30.5 Å². The van der Waals surface area contributed by atoms with Crippen LogP contribution in [0.1, 0.15) is 16.8 Å².